The van der Waals surface area contributed by atoms with Crippen molar-refractivity contribution >= 4 is 22.4 Å². The van der Waals surface area contributed by atoms with Crippen LogP contribution in [0.25, 0.3) is 11.0 Å². The Hall–Kier alpha value is -2.15. The zero-order valence-electron chi connectivity index (χ0n) is 13.6. The maximum Gasteiger partial charge on any atom is 0.163 e. The molecule has 0 spiro atoms. The molecule has 2 aliphatic rings. The first-order chi connectivity index (χ1) is 11.0. The molecule has 0 amide bonds. The Morgan fingerprint density at radius 2 is 2.26 bits per heavy atom. The van der Waals surface area contributed by atoms with Gasteiger partial charge in [-0.15, -0.1) is 0 Å². The smallest absolute Gasteiger partial charge is 0.163 e. The molecule has 2 aromatic heterocycles. The number of aromatic nitrogens is 3. The molecule has 1 aliphatic heterocycles. The first-order valence-corrected chi connectivity index (χ1v) is 7.96. The summed E-state index contributed by atoms with van der Waals surface area (Å²) in [6, 6.07) is 0.506. The Morgan fingerprint density at radius 3 is 2.91 bits per heavy atom. The molecule has 2 N–H and O–H groups in total. The predicted molar refractivity (Wildman–Crippen MR) is 87.6 cm³/mol. The Labute approximate surface area is 134 Å². The molecular weight excluding hydrogens is 294 g/mol. The van der Waals surface area contributed by atoms with E-state index in [0.29, 0.717) is 12.5 Å². The van der Waals surface area contributed by atoms with Gasteiger partial charge in [0.1, 0.15) is 0 Å². The molecule has 1 atom stereocenters. The normalized spacial score (nSPS) is 23.9. The summed E-state index contributed by atoms with van der Waals surface area (Å²) in [5, 5.41) is 22.8. The molecule has 7 heteroatoms. The zero-order valence-corrected chi connectivity index (χ0v) is 13.6. The molecule has 0 saturated heterocycles. The summed E-state index contributed by atoms with van der Waals surface area (Å²) in [6.45, 7) is 3.79. The minimum Gasteiger partial charge on any atom is -0.392 e. The number of rotatable bonds is 4. The van der Waals surface area contributed by atoms with Crippen molar-refractivity contribution in [2.45, 2.75) is 44.8 Å². The Morgan fingerprint density at radius 1 is 1.48 bits per heavy atom. The van der Waals surface area contributed by atoms with Crippen molar-refractivity contribution < 1.29 is 9.94 Å². The van der Waals surface area contributed by atoms with E-state index in [-0.39, 0.29) is 6.61 Å². The number of pyridine rings is 1. The Balaban J connectivity index is 1.84. The van der Waals surface area contributed by atoms with Gasteiger partial charge in [-0.05, 0) is 26.7 Å². The molecule has 0 bridgehead atoms. The fraction of sp³-hybridized carbons (Fsp3) is 0.562. The van der Waals surface area contributed by atoms with Crippen molar-refractivity contribution in [1.82, 2.24) is 14.8 Å². The third-order valence-electron chi connectivity index (χ3n) is 4.52. The summed E-state index contributed by atoms with van der Waals surface area (Å²) in [6.07, 6.45) is 4.76. The third-order valence-corrected chi connectivity index (χ3v) is 4.52. The molecule has 4 rings (SSSR count). The second-order valence-electron chi connectivity index (χ2n) is 6.79. The van der Waals surface area contributed by atoms with Crippen molar-refractivity contribution in [3.05, 3.63) is 17.5 Å². The van der Waals surface area contributed by atoms with Gasteiger partial charge in [0.25, 0.3) is 0 Å². The minimum absolute atomic E-state index is 0.0625. The van der Waals surface area contributed by atoms with Gasteiger partial charge >= 0.3 is 0 Å². The van der Waals surface area contributed by atoms with E-state index in [2.05, 4.69) is 20.6 Å². The van der Waals surface area contributed by atoms with Crippen molar-refractivity contribution in [2.24, 2.45) is 12.2 Å². The molecule has 1 fully saturated rings. The zero-order chi connectivity index (χ0) is 16.2. The van der Waals surface area contributed by atoms with E-state index < -0.39 is 5.60 Å². The summed E-state index contributed by atoms with van der Waals surface area (Å²) in [5.74, 6) is 0. The Kier molecular flexibility index (Phi) is 3.09. The van der Waals surface area contributed by atoms with E-state index >= 15 is 0 Å². The van der Waals surface area contributed by atoms with Crippen LogP contribution in [0.5, 0.6) is 0 Å². The highest BCUT2D eigenvalue weighted by atomic mass is 16.7. The maximum absolute atomic E-state index is 9.49. The molecule has 23 heavy (non-hydrogen) atoms. The maximum atomic E-state index is 9.49. The number of anilines is 1. The van der Waals surface area contributed by atoms with E-state index in [1.54, 1.807) is 4.68 Å². The second kappa shape index (κ2) is 4.92. The molecule has 1 aliphatic carbocycles. The molecule has 2 aromatic rings. The number of nitrogens with one attached hydrogen (secondary N) is 1. The van der Waals surface area contributed by atoms with Gasteiger partial charge in [0.05, 0.1) is 29.1 Å². The molecule has 0 aromatic carbocycles. The largest absolute Gasteiger partial charge is 0.392 e. The average Bonchev–Trinajstić information content (AvgIpc) is 3.19. The highest BCUT2D eigenvalue weighted by Crippen LogP contribution is 2.36. The number of aliphatic hydroxyl groups is 1. The molecule has 122 valence electrons. The lowest BCUT2D eigenvalue weighted by Crippen LogP contribution is -2.29. The number of aryl methyl sites for hydroxylation is 2. The molecule has 1 saturated carbocycles. The monoisotopic (exact) mass is 315 g/mol. The summed E-state index contributed by atoms with van der Waals surface area (Å²) in [7, 11) is 1.90. The lowest BCUT2D eigenvalue weighted by molar-refractivity contribution is -0.0428. The van der Waals surface area contributed by atoms with E-state index in [9.17, 15) is 5.11 Å². The van der Waals surface area contributed by atoms with Crippen LogP contribution in [0, 0.1) is 6.92 Å². The van der Waals surface area contributed by atoms with Crippen molar-refractivity contribution in [3.8, 4) is 0 Å². The number of fused-ring (bicyclic) bond motifs is 1. The lowest BCUT2D eigenvalue weighted by atomic mass is 9.96. The standard InChI is InChI=1S/C16H21N5O2/c1-9-13-14(18-10-4-5-10)11(7-17-15(13)21(3)19-9)12-6-16(2,8-22)23-20-12/h7,10,22H,4-6,8H2,1-3H3,(H,17,18). The van der Waals surface area contributed by atoms with E-state index in [4.69, 9.17) is 4.84 Å². The summed E-state index contributed by atoms with van der Waals surface area (Å²) in [5.41, 5.74) is 3.96. The van der Waals surface area contributed by atoms with Crippen LogP contribution in [0.1, 0.15) is 37.4 Å². The van der Waals surface area contributed by atoms with E-state index in [0.717, 1.165) is 33.7 Å². The van der Waals surface area contributed by atoms with Crippen LogP contribution in [0.2, 0.25) is 0 Å². The van der Waals surface area contributed by atoms with Gasteiger partial charge in [-0.1, -0.05) is 5.16 Å². The van der Waals surface area contributed by atoms with Gasteiger partial charge < -0.3 is 15.3 Å². The fourth-order valence-corrected chi connectivity index (χ4v) is 3.03. The third kappa shape index (κ3) is 2.35. The van der Waals surface area contributed by atoms with Crippen LogP contribution in [-0.4, -0.2) is 43.8 Å². The first-order valence-electron chi connectivity index (χ1n) is 7.96. The number of oxime groups is 1. The van der Waals surface area contributed by atoms with Gasteiger partial charge in [-0.3, -0.25) is 4.68 Å². The van der Waals surface area contributed by atoms with Crippen molar-refractivity contribution in [2.75, 3.05) is 11.9 Å². The summed E-state index contributed by atoms with van der Waals surface area (Å²) >= 11 is 0. The van der Waals surface area contributed by atoms with Gasteiger partial charge in [-0.25, -0.2) is 4.98 Å². The predicted octanol–water partition coefficient (Wildman–Crippen LogP) is 1.73. The van der Waals surface area contributed by atoms with Gasteiger partial charge in [0.2, 0.25) is 0 Å². The van der Waals surface area contributed by atoms with E-state index in [1.807, 2.05) is 27.1 Å². The molecule has 7 nitrogen and oxygen atoms in total. The van der Waals surface area contributed by atoms with Crippen LogP contribution in [0.4, 0.5) is 5.69 Å². The number of hydrogen-bond donors (Lipinski definition) is 2. The molecule has 3 heterocycles. The van der Waals surface area contributed by atoms with Crippen molar-refractivity contribution in [1.29, 1.82) is 0 Å². The Bertz CT molecular complexity index is 808. The van der Waals surface area contributed by atoms with Gasteiger partial charge in [0, 0.05) is 31.3 Å². The average molecular weight is 315 g/mol. The number of nitrogens with zero attached hydrogens (tertiary/aromatic N) is 4. The summed E-state index contributed by atoms with van der Waals surface area (Å²) in [4.78, 5) is 10.0. The van der Waals surface area contributed by atoms with Crippen LogP contribution in [-0.2, 0) is 11.9 Å². The minimum atomic E-state index is -0.648. The van der Waals surface area contributed by atoms with Crippen LogP contribution in [0.3, 0.4) is 0 Å². The second-order valence-corrected chi connectivity index (χ2v) is 6.79. The van der Waals surface area contributed by atoms with Gasteiger partial charge in [0.15, 0.2) is 11.2 Å². The topological polar surface area (TPSA) is 84.6 Å². The first kappa shape index (κ1) is 14.4. The van der Waals surface area contributed by atoms with Crippen LogP contribution >= 0.6 is 0 Å². The lowest BCUT2D eigenvalue weighted by Gasteiger charge is -2.18. The van der Waals surface area contributed by atoms with E-state index in [1.165, 1.54) is 12.8 Å². The van der Waals surface area contributed by atoms with Crippen molar-refractivity contribution in [3.63, 3.8) is 0 Å². The quantitative estimate of drug-likeness (QED) is 0.897. The molecule has 1 unspecified atom stereocenters. The highest BCUT2D eigenvalue weighted by Gasteiger charge is 2.36. The van der Waals surface area contributed by atoms with Crippen LogP contribution < -0.4 is 5.32 Å². The fourth-order valence-electron chi connectivity index (χ4n) is 3.03. The SMILES string of the molecule is Cc1nn(C)c2ncc(C3=NOC(C)(CO)C3)c(NC3CC3)c12. The molecule has 0 radical (unpaired) electrons. The number of hydrogen-bond acceptors (Lipinski definition) is 6. The molecular formula is C16H21N5O2. The van der Waals surface area contributed by atoms with Gasteiger partial charge in [-0.2, -0.15) is 5.10 Å². The summed E-state index contributed by atoms with van der Waals surface area (Å²) < 4.78 is 1.80. The number of aliphatic hydroxyl groups excluding tert-OH is 1. The van der Waals surface area contributed by atoms with Crippen LogP contribution in [0.15, 0.2) is 11.4 Å². The highest BCUT2D eigenvalue weighted by molar-refractivity contribution is 6.11.